The van der Waals surface area contributed by atoms with Crippen LogP contribution in [0.1, 0.15) is 11.1 Å². The zero-order valence-electron chi connectivity index (χ0n) is 10.3. The first-order valence-electron chi connectivity index (χ1n) is 5.73. The number of hydrogen-bond acceptors (Lipinski definition) is 3. The minimum absolute atomic E-state index is 0.0504. The fraction of sp³-hybridized carbons (Fsp3) is 0.143. The zero-order chi connectivity index (χ0) is 14.8. The Morgan fingerprint density at radius 3 is 2.45 bits per heavy atom. The number of alkyl halides is 3. The first-order valence-corrected chi connectivity index (χ1v) is 5.73. The van der Waals surface area contributed by atoms with Gasteiger partial charge in [0.2, 0.25) is 0 Å². The number of halogens is 3. The molecule has 6 heteroatoms. The Hall–Kier alpha value is -2.37. The molecule has 0 saturated carbocycles. The number of nitrogen functional groups attached to an aromatic ring is 1. The van der Waals surface area contributed by atoms with Gasteiger partial charge >= 0.3 is 6.18 Å². The van der Waals surface area contributed by atoms with Crippen LogP contribution in [0.5, 0.6) is 11.5 Å². The molecule has 0 aliphatic carbocycles. The lowest BCUT2D eigenvalue weighted by molar-refractivity contribution is -0.136. The monoisotopic (exact) mass is 283 g/mol. The molecule has 0 saturated heterocycles. The van der Waals surface area contributed by atoms with E-state index in [1.807, 2.05) is 0 Å². The van der Waals surface area contributed by atoms with Crippen molar-refractivity contribution in [1.82, 2.24) is 0 Å². The van der Waals surface area contributed by atoms with Crippen molar-refractivity contribution in [3.63, 3.8) is 0 Å². The predicted octanol–water partition coefficient (Wildman–Crippen LogP) is 3.57. The van der Waals surface area contributed by atoms with Crippen molar-refractivity contribution in [2.24, 2.45) is 0 Å². The fourth-order valence-corrected chi connectivity index (χ4v) is 1.70. The van der Waals surface area contributed by atoms with Crippen LogP contribution in [0.3, 0.4) is 0 Å². The summed E-state index contributed by atoms with van der Waals surface area (Å²) in [6, 6.07) is 9.60. The molecule has 0 spiro atoms. The number of rotatable bonds is 3. The van der Waals surface area contributed by atoms with E-state index in [0.29, 0.717) is 11.3 Å². The maximum atomic E-state index is 12.5. The molecular weight excluding hydrogens is 271 g/mol. The van der Waals surface area contributed by atoms with E-state index in [0.717, 1.165) is 6.07 Å². The van der Waals surface area contributed by atoms with Crippen molar-refractivity contribution >= 4 is 5.69 Å². The van der Waals surface area contributed by atoms with Crippen LogP contribution in [0.15, 0.2) is 42.5 Å². The van der Waals surface area contributed by atoms with Crippen molar-refractivity contribution < 1.29 is 23.0 Å². The average Bonchev–Trinajstić information content (AvgIpc) is 2.35. The Kier molecular flexibility index (Phi) is 3.74. The summed E-state index contributed by atoms with van der Waals surface area (Å²) in [5.74, 6) is 0.470. The average molecular weight is 283 g/mol. The standard InChI is InChI=1S/C14H12F3NO2/c15-14(16,17)12-5-4-9(6-13(12)18)8-20-11-3-1-2-10(19)7-11/h1-7,19H,8,18H2. The number of benzene rings is 2. The summed E-state index contributed by atoms with van der Waals surface area (Å²) in [7, 11) is 0. The molecule has 0 unspecified atom stereocenters. The Balaban J connectivity index is 2.10. The van der Waals surface area contributed by atoms with E-state index in [1.54, 1.807) is 12.1 Å². The normalized spacial score (nSPS) is 11.3. The van der Waals surface area contributed by atoms with Gasteiger partial charge in [-0.15, -0.1) is 0 Å². The van der Waals surface area contributed by atoms with Gasteiger partial charge in [0.05, 0.1) is 5.56 Å². The summed E-state index contributed by atoms with van der Waals surface area (Å²) in [6.07, 6.45) is -4.46. The molecule has 0 aromatic heterocycles. The lowest BCUT2D eigenvalue weighted by Gasteiger charge is -2.12. The molecule has 0 bridgehead atoms. The summed E-state index contributed by atoms with van der Waals surface area (Å²) in [5.41, 5.74) is 4.70. The van der Waals surface area contributed by atoms with E-state index in [2.05, 4.69) is 0 Å². The second kappa shape index (κ2) is 5.32. The lowest BCUT2D eigenvalue weighted by Crippen LogP contribution is -2.09. The van der Waals surface area contributed by atoms with Crippen molar-refractivity contribution in [1.29, 1.82) is 0 Å². The quantitative estimate of drug-likeness (QED) is 0.847. The molecule has 20 heavy (non-hydrogen) atoms. The number of nitrogens with two attached hydrogens (primary N) is 1. The minimum atomic E-state index is -4.46. The molecule has 2 aromatic carbocycles. The minimum Gasteiger partial charge on any atom is -0.508 e. The smallest absolute Gasteiger partial charge is 0.418 e. The number of ether oxygens (including phenoxy) is 1. The number of aromatic hydroxyl groups is 1. The van der Waals surface area contributed by atoms with Crippen LogP contribution in [-0.2, 0) is 12.8 Å². The van der Waals surface area contributed by atoms with E-state index in [4.69, 9.17) is 10.5 Å². The SMILES string of the molecule is Nc1cc(COc2cccc(O)c2)ccc1C(F)(F)F. The fourth-order valence-electron chi connectivity index (χ4n) is 1.70. The largest absolute Gasteiger partial charge is 0.508 e. The van der Waals surface area contributed by atoms with E-state index >= 15 is 0 Å². The third-order valence-corrected chi connectivity index (χ3v) is 2.64. The van der Waals surface area contributed by atoms with Gasteiger partial charge in [0.25, 0.3) is 0 Å². The highest BCUT2D eigenvalue weighted by Crippen LogP contribution is 2.34. The van der Waals surface area contributed by atoms with Gasteiger partial charge in [0, 0.05) is 11.8 Å². The van der Waals surface area contributed by atoms with E-state index in [-0.39, 0.29) is 18.0 Å². The summed E-state index contributed by atoms with van der Waals surface area (Å²) < 4.78 is 43.0. The van der Waals surface area contributed by atoms with Gasteiger partial charge in [0.1, 0.15) is 18.1 Å². The van der Waals surface area contributed by atoms with Gasteiger partial charge < -0.3 is 15.6 Å². The van der Waals surface area contributed by atoms with E-state index in [9.17, 15) is 18.3 Å². The van der Waals surface area contributed by atoms with Crippen LogP contribution in [0.2, 0.25) is 0 Å². The number of anilines is 1. The molecule has 0 aliphatic heterocycles. The van der Waals surface area contributed by atoms with Crippen LogP contribution in [-0.4, -0.2) is 5.11 Å². The Morgan fingerprint density at radius 1 is 1.10 bits per heavy atom. The number of phenols is 1. The molecule has 2 rings (SSSR count). The molecule has 0 radical (unpaired) electrons. The molecule has 3 N–H and O–H groups in total. The van der Waals surface area contributed by atoms with Gasteiger partial charge in [-0.25, -0.2) is 0 Å². The molecule has 3 nitrogen and oxygen atoms in total. The van der Waals surface area contributed by atoms with Crippen LogP contribution in [0.25, 0.3) is 0 Å². The summed E-state index contributed by atoms with van der Waals surface area (Å²) >= 11 is 0. The van der Waals surface area contributed by atoms with Crippen LogP contribution >= 0.6 is 0 Å². The van der Waals surface area contributed by atoms with Gasteiger partial charge in [-0.05, 0) is 29.8 Å². The Bertz CT molecular complexity index is 612. The van der Waals surface area contributed by atoms with Crippen molar-refractivity contribution in [3.05, 3.63) is 53.6 Å². The van der Waals surface area contributed by atoms with Gasteiger partial charge in [-0.3, -0.25) is 0 Å². The maximum absolute atomic E-state index is 12.5. The predicted molar refractivity (Wildman–Crippen MR) is 68.3 cm³/mol. The molecular formula is C14H12F3NO2. The highest BCUT2D eigenvalue weighted by atomic mass is 19.4. The zero-order valence-corrected chi connectivity index (χ0v) is 10.3. The topological polar surface area (TPSA) is 55.5 Å². The Labute approximate surface area is 113 Å². The molecule has 0 aliphatic rings. The second-order valence-corrected chi connectivity index (χ2v) is 4.21. The third kappa shape index (κ3) is 3.34. The highest BCUT2D eigenvalue weighted by Gasteiger charge is 2.32. The molecule has 2 aromatic rings. The van der Waals surface area contributed by atoms with Crippen molar-refractivity contribution in [2.45, 2.75) is 12.8 Å². The second-order valence-electron chi connectivity index (χ2n) is 4.21. The van der Waals surface area contributed by atoms with E-state index < -0.39 is 11.7 Å². The van der Waals surface area contributed by atoms with Crippen LogP contribution in [0, 0.1) is 0 Å². The molecule has 0 atom stereocenters. The molecule has 0 amide bonds. The molecule has 0 heterocycles. The molecule has 0 fully saturated rings. The van der Waals surface area contributed by atoms with Crippen molar-refractivity contribution in [3.8, 4) is 11.5 Å². The van der Waals surface area contributed by atoms with Gasteiger partial charge in [-0.1, -0.05) is 12.1 Å². The first kappa shape index (κ1) is 14.0. The van der Waals surface area contributed by atoms with Gasteiger partial charge in [0.15, 0.2) is 0 Å². The highest BCUT2D eigenvalue weighted by molar-refractivity contribution is 5.50. The summed E-state index contributed by atoms with van der Waals surface area (Å²) in [4.78, 5) is 0. The maximum Gasteiger partial charge on any atom is 0.418 e. The molecule has 106 valence electrons. The lowest BCUT2D eigenvalue weighted by atomic mass is 10.1. The Morgan fingerprint density at radius 2 is 1.85 bits per heavy atom. The van der Waals surface area contributed by atoms with Crippen LogP contribution in [0.4, 0.5) is 18.9 Å². The summed E-state index contributed by atoms with van der Waals surface area (Å²) in [5, 5.41) is 9.26. The van der Waals surface area contributed by atoms with Gasteiger partial charge in [-0.2, -0.15) is 13.2 Å². The third-order valence-electron chi connectivity index (χ3n) is 2.64. The van der Waals surface area contributed by atoms with E-state index in [1.165, 1.54) is 24.3 Å². The summed E-state index contributed by atoms with van der Waals surface area (Å²) in [6.45, 7) is 0.0613. The first-order chi connectivity index (χ1) is 9.36. The van der Waals surface area contributed by atoms with Crippen molar-refractivity contribution in [2.75, 3.05) is 5.73 Å². The van der Waals surface area contributed by atoms with Crippen LogP contribution < -0.4 is 10.5 Å². The number of phenolic OH excluding ortho intramolecular Hbond substituents is 1. The number of hydrogen-bond donors (Lipinski definition) is 2.